The van der Waals surface area contributed by atoms with Crippen molar-refractivity contribution in [3.8, 4) is 0 Å². The van der Waals surface area contributed by atoms with Crippen molar-refractivity contribution in [2.45, 2.75) is 34.6 Å². The molecule has 0 aliphatic heterocycles. The third kappa shape index (κ3) is 1.98. The van der Waals surface area contributed by atoms with Crippen molar-refractivity contribution in [2.75, 3.05) is 0 Å². The van der Waals surface area contributed by atoms with Crippen LogP contribution in [0.4, 0.5) is 0 Å². The molecular weight excluding hydrogens is 284 g/mol. The summed E-state index contributed by atoms with van der Waals surface area (Å²) in [5, 5.41) is 2.19. The summed E-state index contributed by atoms with van der Waals surface area (Å²) in [5.41, 5.74) is 8.50. The molecule has 0 bridgehead atoms. The summed E-state index contributed by atoms with van der Waals surface area (Å²) in [7, 11) is 0. The van der Waals surface area contributed by atoms with Crippen LogP contribution in [0.2, 0.25) is 0 Å². The van der Waals surface area contributed by atoms with Crippen LogP contribution in [0.5, 0.6) is 0 Å². The predicted octanol–water partition coefficient (Wildman–Crippen LogP) is 4.27. The Morgan fingerprint density at radius 3 is 1.48 bits per heavy atom. The fraction of sp³-hybridized carbons (Fsp3) is 0.263. The minimum absolute atomic E-state index is 0.843. The molecule has 0 aliphatic carbocycles. The molecule has 114 valence electrons. The molecule has 4 heteroatoms. The van der Waals surface area contributed by atoms with Crippen LogP contribution in [0.15, 0.2) is 18.2 Å². The Labute approximate surface area is 134 Å². The molecule has 0 saturated carbocycles. The van der Waals surface area contributed by atoms with E-state index in [1.165, 1.54) is 5.56 Å². The third-order valence-corrected chi connectivity index (χ3v) is 4.52. The largest absolute Gasteiger partial charge is 0.249 e. The highest BCUT2D eigenvalue weighted by Gasteiger charge is 2.15. The average Bonchev–Trinajstić information content (AvgIpc) is 2.51. The fourth-order valence-electron chi connectivity index (χ4n) is 2.97. The topological polar surface area (TPSA) is 51.6 Å². The van der Waals surface area contributed by atoms with E-state index in [1.807, 2.05) is 27.7 Å². The normalized spacial score (nSPS) is 11.7. The van der Waals surface area contributed by atoms with Crippen molar-refractivity contribution in [1.82, 2.24) is 19.9 Å². The van der Waals surface area contributed by atoms with Crippen LogP contribution in [0.25, 0.3) is 32.8 Å². The first-order valence-electron chi connectivity index (χ1n) is 7.78. The highest BCUT2D eigenvalue weighted by Crippen LogP contribution is 2.32. The Morgan fingerprint density at radius 1 is 0.522 bits per heavy atom. The Bertz CT molecular complexity index is 1070. The van der Waals surface area contributed by atoms with Gasteiger partial charge in [-0.05, 0) is 40.7 Å². The van der Waals surface area contributed by atoms with E-state index in [0.717, 1.165) is 55.6 Å². The van der Waals surface area contributed by atoms with Gasteiger partial charge in [-0.1, -0.05) is 17.7 Å². The lowest BCUT2D eigenvalue weighted by atomic mass is 10.0. The van der Waals surface area contributed by atoms with Gasteiger partial charge in [-0.2, -0.15) is 0 Å². The molecule has 2 heterocycles. The van der Waals surface area contributed by atoms with E-state index in [9.17, 15) is 0 Å². The number of nitrogens with zero attached hydrogens (tertiary/aromatic N) is 4. The lowest BCUT2D eigenvalue weighted by Crippen LogP contribution is -2.00. The van der Waals surface area contributed by atoms with Crippen LogP contribution in [0, 0.1) is 34.6 Å². The van der Waals surface area contributed by atoms with Crippen molar-refractivity contribution in [2.24, 2.45) is 0 Å². The van der Waals surface area contributed by atoms with Crippen molar-refractivity contribution < 1.29 is 0 Å². The summed E-state index contributed by atoms with van der Waals surface area (Å²) in [6, 6.07) is 6.39. The van der Waals surface area contributed by atoms with Gasteiger partial charge in [-0.25, -0.2) is 19.9 Å². The van der Waals surface area contributed by atoms with Gasteiger partial charge < -0.3 is 0 Å². The van der Waals surface area contributed by atoms with Crippen LogP contribution in [0.3, 0.4) is 0 Å². The van der Waals surface area contributed by atoms with Crippen LogP contribution in [-0.4, -0.2) is 19.9 Å². The molecule has 0 atom stereocenters. The molecule has 2 aromatic heterocycles. The number of hydrogen-bond acceptors (Lipinski definition) is 4. The van der Waals surface area contributed by atoms with Gasteiger partial charge in [0.2, 0.25) is 0 Å². The summed E-state index contributed by atoms with van der Waals surface area (Å²) in [6.07, 6.45) is 0. The van der Waals surface area contributed by atoms with Gasteiger partial charge in [-0.3, -0.25) is 0 Å². The van der Waals surface area contributed by atoms with E-state index < -0.39 is 0 Å². The van der Waals surface area contributed by atoms with Gasteiger partial charge in [0.05, 0.1) is 33.8 Å². The first-order chi connectivity index (χ1) is 11.0. The summed E-state index contributed by atoms with van der Waals surface area (Å²) in [4.78, 5) is 19.2. The predicted molar refractivity (Wildman–Crippen MR) is 93.8 cm³/mol. The SMILES string of the molecule is Cc1ccc2c(c1)c1nc(C)c(C)nc1c1nc(C)c(C)nc21. The zero-order valence-electron chi connectivity index (χ0n) is 14.0. The Balaban J connectivity index is 2.39. The standard InChI is InChI=1S/C19H18N4/c1-9-6-7-14-15(8-9)17-19(23-13(5)11(3)21-17)18-16(14)20-10(2)12(4)22-18/h6-8H,1-5H3. The Kier molecular flexibility index (Phi) is 2.85. The first-order valence-corrected chi connectivity index (χ1v) is 7.78. The van der Waals surface area contributed by atoms with Crippen molar-refractivity contribution in [3.63, 3.8) is 0 Å². The zero-order chi connectivity index (χ0) is 16.3. The Hall–Kier alpha value is -2.62. The van der Waals surface area contributed by atoms with Crippen LogP contribution in [-0.2, 0) is 0 Å². The summed E-state index contributed by atoms with van der Waals surface area (Å²) in [6.45, 7) is 10.1. The average molecular weight is 302 g/mol. The maximum Gasteiger partial charge on any atom is 0.117 e. The minimum atomic E-state index is 0.843. The number of fused-ring (bicyclic) bond motifs is 6. The molecule has 0 amide bonds. The molecule has 0 fully saturated rings. The van der Waals surface area contributed by atoms with Gasteiger partial charge in [-0.15, -0.1) is 0 Å². The lowest BCUT2D eigenvalue weighted by molar-refractivity contribution is 1.09. The number of aromatic nitrogens is 4. The number of rotatable bonds is 0. The smallest absolute Gasteiger partial charge is 0.117 e. The van der Waals surface area contributed by atoms with Gasteiger partial charge in [0, 0.05) is 10.8 Å². The monoisotopic (exact) mass is 302 g/mol. The third-order valence-electron chi connectivity index (χ3n) is 4.52. The maximum atomic E-state index is 4.82. The summed E-state index contributed by atoms with van der Waals surface area (Å²) < 4.78 is 0. The molecule has 4 nitrogen and oxygen atoms in total. The quantitative estimate of drug-likeness (QED) is 0.455. The van der Waals surface area contributed by atoms with E-state index in [4.69, 9.17) is 19.9 Å². The molecule has 0 aliphatic rings. The molecule has 2 aromatic carbocycles. The molecular formula is C19H18N4. The van der Waals surface area contributed by atoms with Crippen LogP contribution in [0.1, 0.15) is 28.3 Å². The molecule has 0 N–H and O–H groups in total. The molecule has 23 heavy (non-hydrogen) atoms. The van der Waals surface area contributed by atoms with Gasteiger partial charge in [0.1, 0.15) is 11.0 Å². The van der Waals surface area contributed by atoms with Crippen LogP contribution >= 0.6 is 0 Å². The first kappa shape index (κ1) is 14.0. The van der Waals surface area contributed by atoms with Gasteiger partial charge >= 0.3 is 0 Å². The number of benzene rings is 2. The number of aryl methyl sites for hydroxylation is 5. The Morgan fingerprint density at radius 2 is 0.957 bits per heavy atom. The molecule has 0 spiro atoms. The molecule has 0 saturated heterocycles. The van der Waals surface area contributed by atoms with E-state index in [0.29, 0.717) is 0 Å². The molecule has 0 radical (unpaired) electrons. The summed E-state index contributed by atoms with van der Waals surface area (Å²) in [5.74, 6) is 0. The molecule has 4 aromatic rings. The maximum absolute atomic E-state index is 4.82. The fourth-order valence-corrected chi connectivity index (χ4v) is 2.97. The van der Waals surface area contributed by atoms with Crippen molar-refractivity contribution >= 4 is 32.8 Å². The van der Waals surface area contributed by atoms with E-state index >= 15 is 0 Å². The van der Waals surface area contributed by atoms with Crippen LogP contribution < -0.4 is 0 Å². The molecule has 4 rings (SSSR count). The highest BCUT2D eigenvalue weighted by molar-refractivity contribution is 6.20. The van der Waals surface area contributed by atoms with E-state index in [1.54, 1.807) is 0 Å². The second-order valence-electron chi connectivity index (χ2n) is 6.23. The minimum Gasteiger partial charge on any atom is -0.249 e. The van der Waals surface area contributed by atoms with Gasteiger partial charge in [0.15, 0.2) is 0 Å². The lowest BCUT2D eigenvalue weighted by Gasteiger charge is -2.11. The van der Waals surface area contributed by atoms with E-state index in [2.05, 4.69) is 25.1 Å². The zero-order valence-corrected chi connectivity index (χ0v) is 14.0. The highest BCUT2D eigenvalue weighted by atomic mass is 14.9. The second kappa shape index (κ2) is 4.69. The summed E-state index contributed by atoms with van der Waals surface area (Å²) >= 11 is 0. The van der Waals surface area contributed by atoms with Gasteiger partial charge in [0.25, 0.3) is 0 Å². The second-order valence-corrected chi connectivity index (χ2v) is 6.23. The van der Waals surface area contributed by atoms with Crippen molar-refractivity contribution in [1.29, 1.82) is 0 Å². The number of hydrogen-bond donors (Lipinski definition) is 0. The van der Waals surface area contributed by atoms with E-state index in [-0.39, 0.29) is 0 Å². The molecule has 0 unspecified atom stereocenters. The van der Waals surface area contributed by atoms with Crippen molar-refractivity contribution in [3.05, 3.63) is 46.5 Å².